The third-order valence-electron chi connectivity index (χ3n) is 3.67. The highest BCUT2D eigenvalue weighted by molar-refractivity contribution is 5.95. The van der Waals surface area contributed by atoms with Crippen LogP contribution in [0.15, 0.2) is 18.2 Å². The van der Waals surface area contributed by atoms with Gasteiger partial charge in [0, 0.05) is 18.7 Å². The van der Waals surface area contributed by atoms with Gasteiger partial charge in [-0.2, -0.15) is 0 Å². The van der Waals surface area contributed by atoms with Gasteiger partial charge in [-0.25, -0.2) is 0 Å². The summed E-state index contributed by atoms with van der Waals surface area (Å²) in [5.74, 6) is 2.09. The normalized spacial score (nSPS) is 13.9. The quantitative estimate of drug-likeness (QED) is 0.737. The van der Waals surface area contributed by atoms with Crippen LogP contribution < -0.4 is 9.47 Å². The van der Waals surface area contributed by atoms with E-state index in [2.05, 4.69) is 6.92 Å². The monoisotopic (exact) mass is 291 g/mol. The molecule has 0 spiro atoms. The number of hydrogen-bond acceptors (Lipinski definition) is 3. The highest BCUT2D eigenvalue weighted by Gasteiger charge is 2.27. The van der Waals surface area contributed by atoms with Gasteiger partial charge in [0.15, 0.2) is 11.5 Å². The topological polar surface area (TPSA) is 38.8 Å². The largest absolute Gasteiger partial charge is 0.493 e. The Balaban J connectivity index is 2.17. The lowest BCUT2D eigenvalue weighted by Gasteiger charge is -2.22. The van der Waals surface area contributed by atoms with E-state index < -0.39 is 0 Å². The number of carbonyl (C=O) groups excluding carboxylic acids is 1. The van der Waals surface area contributed by atoms with Crippen LogP contribution in [0.5, 0.6) is 11.5 Å². The van der Waals surface area contributed by atoms with Crippen LogP contribution in [0, 0.1) is 5.92 Å². The highest BCUT2D eigenvalue weighted by Crippen LogP contribution is 2.31. The van der Waals surface area contributed by atoms with Crippen molar-refractivity contribution in [2.24, 2.45) is 5.92 Å². The molecule has 0 aromatic heterocycles. The van der Waals surface area contributed by atoms with E-state index in [4.69, 9.17) is 9.47 Å². The summed E-state index contributed by atoms with van der Waals surface area (Å²) in [5, 5.41) is 0. The molecule has 1 aliphatic rings. The van der Waals surface area contributed by atoms with Gasteiger partial charge in [-0.1, -0.05) is 6.92 Å². The molecule has 1 saturated carbocycles. The molecule has 116 valence electrons. The molecular formula is C17H25NO3. The fraction of sp³-hybridized carbons (Fsp3) is 0.588. The maximum atomic E-state index is 12.7. The number of amides is 1. The Morgan fingerprint density at radius 2 is 2.05 bits per heavy atom. The molecular weight excluding hydrogens is 266 g/mol. The van der Waals surface area contributed by atoms with Gasteiger partial charge in [-0.05, 0) is 50.3 Å². The van der Waals surface area contributed by atoms with Crippen LogP contribution in [0.4, 0.5) is 0 Å². The van der Waals surface area contributed by atoms with Crippen molar-refractivity contribution in [1.29, 1.82) is 0 Å². The van der Waals surface area contributed by atoms with Gasteiger partial charge in [0.2, 0.25) is 0 Å². The highest BCUT2D eigenvalue weighted by atomic mass is 16.5. The molecule has 0 saturated heterocycles. The van der Waals surface area contributed by atoms with E-state index in [1.165, 1.54) is 12.8 Å². The van der Waals surface area contributed by atoms with Crippen molar-refractivity contribution in [2.75, 3.05) is 26.8 Å². The number of ether oxygens (including phenoxy) is 2. The first-order valence-electron chi connectivity index (χ1n) is 7.79. The van der Waals surface area contributed by atoms with Crippen LogP contribution >= 0.6 is 0 Å². The molecule has 0 unspecified atom stereocenters. The molecule has 0 N–H and O–H groups in total. The van der Waals surface area contributed by atoms with Crippen molar-refractivity contribution >= 4 is 5.91 Å². The van der Waals surface area contributed by atoms with E-state index in [0.29, 0.717) is 29.6 Å². The molecule has 0 aliphatic heterocycles. The van der Waals surface area contributed by atoms with Crippen molar-refractivity contribution in [3.8, 4) is 11.5 Å². The first-order valence-corrected chi connectivity index (χ1v) is 7.79. The molecule has 0 heterocycles. The zero-order valence-electron chi connectivity index (χ0n) is 13.2. The lowest BCUT2D eigenvalue weighted by molar-refractivity contribution is 0.0747. The van der Waals surface area contributed by atoms with Gasteiger partial charge < -0.3 is 14.4 Å². The number of methoxy groups -OCH3 is 1. The van der Waals surface area contributed by atoms with Crippen molar-refractivity contribution in [2.45, 2.75) is 33.1 Å². The van der Waals surface area contributed by atoms with Crippen molar-refractivity contribution in [3.05, 3.63) is 23.8 Å². The number of nitrogens with zero attached hydrogens (tertiary/aromatic N) is 1. The number of benzene rings is 1. The minimum Gasteiger partial charge on any atom is -0.493 e. The van der Waals surface area contributed by atoms with Gasteiger partial charge in [-0.15, -0.1) is 0 Å². The summed E-state index contributed by atoms with van der Waals surface area (Å²) in [6.45, 7) is 6.26. The molecule has 21 heavy (non-hydrogen) atoms. The Morgan fingerprint density at radius 1 is 1.29 bits per heavy atom. The molecule has 1 fully saturated rings. The predicted octanol–water partition coefficient (Wildman–Crippen LogP) is 3.36. The van der Waals surface area contributed by atoms with Gasteiger partial charge in [-0.3, -0.25) is 4.79 Å². The second-order valence-corrected chi connectivity index (χ2v) is 5.49. The summed E-state index contributed by atoms with van der Waals surface area (Å²) in [7, 11) is 1.61. The molecule has 2 rings (SSSR count). The maximum absolute atomic E-state index is 12.7. The first kappa shape index (κ1) is 15.7. The second-order valence-electron chi connectivity index (χ2n) is 5.49. The van der Waals surface area contributed by atoms with Gasteiger partial charge in [0.25, 0.3) is 5.91 Å². The van der Waals surface area contributed by atoms with E-state index in [1.807, 2.05) is 17.9 Å². The molecule has 0 atom stereocenters. The fourth-order valence-corrected chi connectivity index (χ4v) is 2.42. The summed E-state index contributed by atoms with van der Waals surface area (Å²) in [6, 6.07) is 5.42. The van der Waals surface area contributed by atoms with Gasteiger partial charge in [0.1, 0.15) is 0 Å². The average molecular weight is 291 g/mol. The molecule has 4 nitrogen and oxygen atoms in total. The Bertz CT molecular complexity index is 483. The summed E-state index contributed by atoms with van der Waals surface area (Å²) >= 11 is 0. The van der Waals surface area contributed by atoms with E-state index in [1.54, 1.807) is 19.2 Å². The summed E-state index contributed by atoms with van der Waals surface area (Å²) in [6.07, 6.45) is 3.48. The number of carbonyl (C=O) groups is 1. The third kappa shape index (κ3) is 4.13. The second kappa shape index (κ2) is 7.34. The van der Waals surface area contributed by atoms with Gasteiger partial charge >= 0.3 is 0 Å². The Hall–Kier alpha value is -1.71. The van der Waals surface area contributed by atoms with E-state index >= 15 is 0 Å². The Kier molecular flexibility index (Phi) is 5.48. The smallest absolute Gasteiger partial charge is 0.254 e. The van der Waals surface area contributed by atoms with E-state index in [-0.39, 0.29) is 5.91 Å². The van der Waals surface area contributed by atoms with Crippen molar-refractivity contribution in [3.63, 3.8) is 0 Å². The summed E-state index contributed by atoms with van der Waals surface area (Å²) < 4.78 is 10.8. The minimum absolute atomic E-state index is 0.0901. The lowest BCUT2D eigenvalue weighted by Crippen LogP contribution is -2.33. The SMILES string of the molecule is CCCN(CC1CC1)C(=O)c1ccc(OC)c(OCC)c1. The van der Waals surface area contributed by atoms with E-state index in [0.717, 1.165) is 19.5 Å². The molecule has 1 aromatic rings. The Morgan fingerprint density at radius 3 is 2.62 bits per heavy atom. The predicted molar refractivity (Wildman–Crippen MR) is 83.1 cm³/mol. The van der Waals surface area contributed by atoms with Crippen LogP contribution in [0.1, 0.15) is 43.5 Å². The van der Waals surface area contributed by atoms with Crippen LogP contribution in [0.25, 0.3) is 0 Å². The fourth-order valence-electron chi connectivity index (χ4n) is 2.42. The van der Waals surface area contributed by atoms with Crippen molar-refractivity contribution in [1.82, 2.24) is 4.90 Å². The standard InChI is InChI=1S/C17H25NO3/c1-4-10-18(12-13-6-7-13)17(19)14-8-9-15(20-3)16(11-14)21-5-2/h8-9,11,13H,4-7,10,12H2,1-3H3. The molecule has 1 aromatic carbocycles. The molecule has 1 aliphatic carbocycles. The summed E-state index contributed by atoms with van der Waals surface area (Å²) in [4.78, 5) is 14.7. The summed E-state index contributed by atoms with van der Waals surface area (Å²) in [5.41, 5.74) is 0.674. The zero-order chi connectivity index (χ0) is 15.2. The number of rotatable bonds is 8. The number of hydrogen-bond donors (Lipinski definition) is 0. The van der Waals surface area contributed by atoms with E-state index in [9.17, 15) is 4.79 Å². The van der Waals surface area contributed by atoms with Gasteiger partial charge in [0.05, 0.1) is 13.7 Å². The zero-order valence-corrected chi connectivity index (χ0v) is 13.2. The molecule has 4 heteroatoms. The maximum Gasteiger partial charge on any atom is 0.254 e. The van der Waals surface area contributed by atoms with Crippen LogP contribution in [0.3, 0.4) is 0 Å². The molecule has 1 amide bonds. The minimum atomic E-state index is 0.0901. The van der Waals surface area contributed by atoms with Crippen LogP contribution in [-0.2, 0) is 0 Å². The average Bonchev–Trinajstić information content (AvgIpc) is 3.30. The van der Waals surface area contributed by atoms with Crippen LogP contribution in [0.2, 0.25) is 0 Å². The van der Waals surface area contributed by atoms with Crippen molar-refractivity contribution < 1.29 is 14.3 Å². The first-order chi connectivity index (χ1) is 10.2. The molecule has 0 bridgehead atoms. The van der Waals surface area contributed by atoms with Crippen LogP contribution in [-0.4, -0.2) is 37.6 Å². The third-order valence-corrected chi connectivity index (χ3v) is 3.67. The lowest BCUT2D eigenvalue weighted by atomic mass is 10.1. The molecule has 0 radical (unpaired) electrons. The Labute approximate surface area is 127 Å².